The minimum atomic E-state index is 0.235. The highest BCUT2D eigenvalue weighted by atomic mass is 16.1. The van der Waals surface area contributed by atoms with Gasteiger partial charge in [0.1, 0.15) is 5.78 Å². The predicted molar refractivity (Wildman–Crippen MR) is 46.9 cm³/mol. The molecule has 0 aliphatic heterocycles. The Morgan fingerprint density at radius 3 is 2.92 bits per heavy atom. The smallest absolute Gasteiger partial charge is 0.130 e. The quantitative estimate of drug-likeness (QED) is 0.678. The number of hydrogen-bond acceptors (Lipinski definition) is 2. The maximum atomic E-state index is 10.7. The van der Waals surface area contributed by atoms with Gasteiger partial charge in [-0.1, -0.05) is 0 Å². The maximum Gasteiger partial charge on any atom is 0.130 e. The first-order valence-electron chi connectivity index (χ1n) is 4.23. The van der Waals surface area contributed by atoms with Gasteiger partial charge in [-0.15, -0.1) is 0 Å². The third kappa shape index (κ3) is 2.49. The summed E-state index contributed by atoms with van der Waals surface area (Å²) in [5.74, 6) is 0.235. The number of Topliss-reactive ketones (excluding diaryl/α,β-unsaturated/α-hetero) is 1. The van der Waals surface area contributed by atoms with Gasteiger partial charge in [0.25, 0.3) is 0 Å². The third-order valence-electron chi connectivity index (χ3n) is 1.78. The fourth-order valence-corrected chi connectivity index (χ4v) is 1.03. The Morgan fingerprint density at radius 2 is 2.42 bits per heavy atom. The monoisotopic (exact) mass is 166 g/mol. The first-order chi connectivity index (χ1) is 5.72. The zero-order chi connectivity index (χ0) is 8.97. The van der Waals surface area contributed by atoms with E-state index in [1.807, 2.05) is 24.0 Å². The van der Waals surface area contributed by atoms with Crippen LogP contribution in [-0.4, -0.2) is 15.6 Å². The molecule has 66 valence electrons. The average molecular weight is 166 g/mol. The molecule has 0 aromatic carbocycles. The van der Waals surface area contributed by atoms with Gasteiger partial charge in [-0.2, -0.15) is 5.10 Å². The van der Waals surface area contributed by atoms with Crippen molar-refractivity contribution < 1.29 is 4.79 Å². The number of carbonyl (C=O) groups excluding carboxylic acids is 1. The van der Waals surface area contributed by atoms with Gasteiger partial charge in [-0.3, -0.25) is 4.68 Å². The minimum absolute atomic E-state index is 0.235. The summed E-state index contributed by atoms with van der Waals surface area (Å²) in [6, 6.07) is 0. The van der Waals surface area contributed by atoms with Crippen LogP contribution in [0.3, 0.4) is 0 Å². The summed E-state index contributed by atoms with van der Waals surface area (Å²) in [4.78, 5) is 10.7. The molecule has 12 heavy (non-hydrogen) atoms. The van der Waals surface area contributed by atoms with E-state index in [4.69, 9.17) is 0 Å². The van der Waals surface area contributed by atoms with Crippen molar-refractivity contribution in [3.05, 3.63) is 18.0 Å². The van der Waals surface area contributed by atoms with E-state index in [1.54, 1.807) is 6.92 Å². The van der Waals surface area contributed by atoms with Crippen LogP contribution in [0.4, 0.5) is 0 Å². The Labute approximate surface area is 72.4 Å². The molecule has 1 aromatic rings. The molecule has 3 heteroatoms. The van der Waals surface area contributed by atoms with Crippen LogP contribution in [0.2, 0.25) is 0 Å². The van der Waals surface area contributed by atoms with Gasteiger partial charge in [0.05, 0.1) is 6.20 Å². The molecule has 0 spiro atoms. The molecular weight excluding hydrogens is 152 g/mol. The lowest BCUT2D eigenvalue weighted by molar-refractivity contribution is -0.116. The largest absolute Gasteiger partial charge is 0.300 e. The average Bonchev–Trinajstić information content (AvgIpc) is 2.48. The standard InChI is InChI=1S/C9H14N2O/c1-3-11-7-9(6-10-11)5-4-8(2)12/h6-7H,3-5H2,1-2H3. The van der Waals surface area contributed by atoms with Gasteiger partial charge in [-0.25, -0.2) is 0 Å². The van der Waals surface area contributed by atoms with Crippen LogP contribution in [0.15, 0.2) is 12.4 Å². The SMILES string of the molecule is CCn1cc(CCC(C)=O)cn1. The number of aryl methyl sites for hydroxylation is 2. The van der Waals surface area contributed by atoms with Crippen molar-refractivity contribution in [3.8, 4) is 0 Å². The van der Waals surface area contributed by atoms with Crippen molar-refractivity contribution in [2.45, 2.75) is 33.2 Å². The molecule has 0 unspecified atom stereocenters. The van der Waals surface area contributed by atoms with Crippen LogP contribution in [-0.2, 0) is 17.8 Å². The second-order valence-electron chi connectivity index (χ2n) is 2.91. The molecule has 0 atom stereocenters. The molecule has 0 radical (unpaired) electrons. The molecule has 0 saturated carbocycles. The van der Waals surface area contributed by atoms with E-state index in [0.717, 1.165) is 18.5 Å². The number of carbonyl (C=O) groups is 1. The molecule has 1 heterocycles. The Bertz CT molecular complexity index is 265. The molecule has 1 rings (SSSR count). The molecule has 3 nitrogen and oxygen atoms in total. The van der Waals surface area contributed by atoms with Crippen LogP contribution in [0.25, 0.3) is 0 Å². The van der Waals surface area contributed by atoms with Crippen LogP contribution >= 0.6 is 0 Å². The topological polar surface area (TPSA) is 34.9 Å². The summed E-state index contributed by atoms with van der Waals surface area (Å²) >= 11 is 0. The summed E-state index contributed by atoms with van der Waals surface area (Å²) in [5.41, 5.74) is 1.15. The van der Waals surface area contributed by atoms with Crippen LogP contribution < -0.4 is 0 Å². The minimum Gasteiger partial charge on any atom is -0.300 e. The Kier molecular flexibility index (Phi) is 3.02. The lowest BCUT2D eigenvalue weighted by atomic mass is 10.1. The highest BCUT2D eigenvalue weighted by molar-refractivity contribution is 5.75. The Hall–Kier alpha value is -1.12. The van der Waals surface area contributed by atoms with Gasteiger partial charge >= 0.3 is 0 Å². The molecule has 0 saturated heterocycles. The molecule has 0 aliphatic rings. The number of rotatable bonds is 4. The Balaban J connectivity index is 2.47. The second kappa shape index (κ2) is 4.04. The molecule has 0 bridgehead atoms. The second-order valence-corrected chi connectivity index (χ2v) is 2.91. The van der Waals surface area contributed by atoms with E-state index in [-0.39, 0.29) is 5.78 Å². The molecule has 0 aliphatic carbocycles. The fourth-order valence-electron chi connectivity index (χ4n) is 1.03. The van der Waals surface area contributed by atoms with Gasteiger partial charge in [0.2, 0.25) is 0 Å². The first-order valence-corrected chi connectivity index (χ1v) is 4.23. The molecule has 1 aromatic heterocycles. The van der Waals surface area contributed by atoms with E-state index >= 15 is 0 Å². The van der Waals surface area contributed by atoms with E-state index < -0.39 is 0 Å². The number of aromatic nitrogens is 2. The maximum absolute atomic E-state index is 10.7. The highest BCUT2D eigenvalue weighted by Crippen LogP contribution is 2.01. The van der Waals surface area contributed by atoms with E-state index in [1.165, 1.54) is 0 Å². The third-order valence-corrected chi connectivity index (χ3v) is 1.78. The molecule has 0 fully saturated rings. The molecule has 0 amide bonds. The van der Waals surface area contributed by atoms with Crippen LogP contribution in [0, 0.1) is 0 Å². The predicted octanol–water partition coefficient (Wildman–Crippen LogP) is 1.42. The van der Waals surface area contributed by atoms with Crippen molar-refractivity contribution >= 4 is 5.78 Å². The summed E-state index contributed by atoms with van der Waals surface area (Å²) in [6.07, 6.45) is 5.25. The summed E-state index contributed by atoms with van der Waals surface area (Å²) in [6.45, 7) is 4.55. The number of ketones is 1. The summed E-state index contributed by atoms with van der Waals surface area (Å²) in [5, 5.41) is 4.12. The van der Waals surface area contributed by atoms with E-state index in [0.29, 0.717) is 6.42 Å². The number of nitrogens with zero attached hydrogens (tertiary/aromatic N) is 2. The van der Waals surface area contributed by atoms with Crippen molar-refractivity contribution in [1.29, 1.82) is 0 Å². The molecule has 0 N–H and O–H groups in total. The number of hydrogen-bond donors (Lipinski definition) is 0. The van der Waals surface area contributed by atoms with Crippen molar-refractivity contribution in [2.75, 3.05) is 0 Å². The van der Waals surface area contributed by atoms with Gasteiger partial charge in [0.15, 0.2) is 0 Å². The normalized spacial score (nSPS) is 10.2. The zero-order valence-electron chi connectivity index (χ0n) is 7.58. The highest BCUT2D eigenvalue weighted by Gasteiger charge is 1.98. The van der Waals surface area contributed by atoms with Crippen molar-refractivity contribution in [1.82, 2.24) is 9.78 Å². The van der Waals surface area contributed by atoms with E-state index in [9.17, 15) is 4.79 Å². The van der Waals surface area contributed by atoms with Crippen LogP contribution in [0.1, 0.15) is 25.8 Å². The van der Waals surface area contributed by atoms with Crippen molar-refractivity contribution in [2.24, 2.45) is 0 Å². The van der Waals surface area contributed by atoms with E-state index in [2.05, 4.69) is 5.10 Å². The lowest BCUT2D eigenvalue weighted by Gasteiger charge is -1.92. The summed E-state index contributed by atoms with van der Waals surface area (Å²) in [7, 11) is 0. The van der Waals surface area contributed by atoms with Crippen molar-refractivity contribution in [3.63, 3.8) is 0 Å². The van der Waals surface area contributed by atoms with Gasteiger partial charge < -0.3 is 4.79 Å². The van der Waals surface area contributed by atoms with Crippen LogP contribution in [0.5, 0.6) is 0 Å². The molecular formula is C9H14N2O. The zero-order valence-corrected chi connectivity index (χ0v) is 7.58. The fraction of sp³-hybridized carbons (Fsp3) is 0.556. The summed E-state index contributed by atoms with van der Waals surface area (Å²) < 4.78 is 1.87. The Morgan fingerprint density at radius 1 is 1.67 bits per heavy atom. The van der Waals surface area contributed by atoms with Gasteiger partial charge in [0, 0.05) is 19.2 Å². The van der Waals surface area contributed by atoms with Gasteiger partial charge in [-0.05, 0) is 25.8 Å². The first kappa shape index (κ1) is 8.97. The lowest BCUT2D eigenvalue weighted by Crippen LogP contribution is -1.94.